The molecule has 0 amide bonds. The van der Waals surface area contributed by atoms with Gasteiger partial charge in [0.25, 0.3) is 10.0 Å². The van der Waals surface area contributed by atoms with Gasteiger partial charge in [0, 0.05) is 16.7 Å². The van der Waals surface area contributed by atoms with Crippen LogP contribution in [-0.2, 0) is 20.0 Å². The van der Waals surface area contributed by atoms with E-state index in [0.29, 0.717) is 22.0 Å². The number of sulfonamides is 2. The van der Waals surface area contributed by atoms with E-state index >= 15 is 0 Å². The standard InChI is InChI=1S/C16H15ClN4O4S2/c1-19-27(24,25)16-10-15(11-2-4-12(17)5-3-11)21(20-16)13-6-8-14(9-7-13)26(18,22)23/h2-10,19H,1H3,(H2,18,22,23). The van der Waals surface area contributed by atoms with Crippen LogP contribution in [0.3, 0.4) is 0 Å². The van der Waals surface area contributed by atoms with E-state index in [1.165, 1.54) is 42.1 Å². The number of primary sulfonamides is 1. The summed E-state index contributed by atoms with van der Waals surface area (Å²) in [6.45, 7) is 0. The van der Waals surface area contributed by atoms with Crippen LogP contribution in [0.1, 0.15) is 0 Å². The maximum absolute atomic E-state index is 12.2. The Bertz CT molecular complexity index is 1190. The molecule has 3 rings (SSSR count). The summed E-state index contributed by atoms with van der Waals surface area (Å²) in [7, 11) is -6.33. The van der Waals surface area contributed by atoms with E-state index in [2.05, 4.69) is 9.82 Å². The van der Waals surface area contributed by atoms with Gasteiger partial charge in [-0.1, -0.05) is 23.7 Å². The molecule has 8 nitrogen and oxygen atoms in total. The average Bonchev–Trinajstić information content (AvgIpc) is 3.08. The molecule has 1 heterocycles. The van der Waals surface area contributed by atoms with Gasteiger partial charge < -0.3 is 0 Å². The van der Waals surface area contributed by atoms with E-state index in [0.717, 1.165) is 0 Å². The lowest BCUT2D eigenvalue weighted by Gasteiger charge is -2.08. The SMILES string of the molecule is CNS(=O)(=O)c1cc(-c2ccc(Cl)cc2)n(-c2ccc(S(N)(=O)=O)cc2)n1. The highest BCUT2D eigenvalue weighted by Crippen LogP contribution is 2.27. The van der Waals surface area contributed by atoms with Crippen molar-refractivity contribution in [2.45, 2.75) is 9.92 Å². The number of nitrogens with two attached hydrogens (primary N) is 1. The van der Waals surface area contributed by atoms with E-state index in [1.807, 2.05) is 0 Å². The van der Waals surface area contributed by atoms with Gasteiger partial charge >= 0.3 is 0 Å². The first-order valence-corrected chi connectivity index (χ1v) is 11.0. The van der Waals surface area contributed by atoms with Gasteiger partial charge in [0.15, 0.2) is 5.03 Å². The molecule has 0 fully saturated rings. The average molecular weight is 427 g/mol. The van der Waals surface area contributed by atoms with Crippen LogP contribution in [0, 0.1) is 0 Å². The van der Waals surface area contributed by atoms with Crippen LogP contribution in [0.25, 0.3) is 16.9 Å². The molecule has 0 unspecified atom stereocenters. The fourth-order valence-corrected chi connectivity index (χ4v) is 3.70. The minimum Gasteiger partial charge on any atom is -0.232 e. The number of nitrogens with one attached hydrogen (secondary N) is 1. The minimum atomic E-state index is -3.84. The Morgan fingerprint density at radius 1 is 1.00 bits per heavy atom. The number of hydrogen-bond donors (Lipinski definition) is 2. The monoisotopic (exact) mass is 426 g/mol. The summed E-state index contributed by atoms with van der Waals surface area (Å²) in [5.74, 6) is 0. The summed E-state index contributed by atoms with van der Waals surface area (Å²) in [4.78, 5) is -0.0606. The number of halogens is 1. The quantitative estimate of drug-likeness (QED) is 0.643. The van der Waals surface area contributed by atoms with Crippen molar-refractivity contribution >= 4 is 31.6 Å². The Morgan fingerprint density at radius 2 is 1.59 bits per heavy atom. The van der Waals surface area contributed by atoms with Crippen molar-refractivity contribution in [3.8, 4) is 16.9 Å². The summed E-state index contributed by atoms with van der Waals surface area (Å²) in [5.41, 5.74) is 1.63. The highest BCUT2D eigenvalue weighted by molar-refractivity contribution is 7.89. The second kappa shape index (κ2) is 7.06. The first-order valence-electron chi connectivity index (χ1n) is 7.54. The third-order valence-electron chi connectivity index (χ3n) is 3.78. The fraction of sp³-hybridized carbons (Fsp3) is 0.0625. The van der Waals surface area contributed by atoms with Crippen LogP contribution in [0.2, 0.25) is 5.02 Å². The third kappa shape index (κ3) is 4.04. The molecule has 0 bridgehead atoms. The minimum absolute atomic E-state index is 0.0606. The zero-order chi connectivity index (χ0) is 19.8. The van der Waals surface area contributed by atoms with Crippen molar-refractivity contribution < 1.29 is 16.8 Å². The number of rotatable bonds is 5. The second-order valence-electron chi connectivity index (χ2n) is 5.53. The Labute approximate surface area is 161 Å². The van der Waals surface area contributed by atoms with Gasteiger partial charge in [-0.15, -0.1) is 0 Å². The molecular weight excluding hydrogens is 412 g/mol. The molecule has 2 aromatic carbocycles. The van der Waals surface area contributed by atoms with Crippen molar-refractivity contribution in [3.63, 3.8) is 0 Å². The van der Waals surface area contributed by atoms with Gasteiger partial charge in [-0.3, -0.25) is 0 Å². The lowest BCUT2D eigenvalue weighted by Crippen LogP contribution is -2.19. The van der Waals surface area contributed by atoms with Crippen molar-refractivity contribution in [2.24, 2.45) is 5.14 Å². The summed E-state index contributed by atoms with van der Waals surface area (Å²) in [6, 6.07) is 13.8. The smallest absolute Gasteiger partial charge is 0.232 e. The molecule has 3 N–H and O–H groups in total. The molecule has 0 saturated heterocycles. The van der Waals surface area contributed by atoms with Gasteiger partial charge in [0.2, 0.25) is 10.0 Å². The van der Waals surface area contributed by atoms with Crippen LogP contribution in [-0.4, -0.2) is 33.7 Å². The molecule has 0 radical (unpaired) electrons. The predicted octanol–water partition coefficient (Wildman–Crippen LogP) is 1.75. The molecule has 142 valence electrons. The van der Waals surface area contributed by atoms with Crippen LogP contribution in [0.15, 0.2) is 64.5 Å². The molecule has 0 saturated carbocycles. The summed E-state index contributed by atoms with van der Waals surface area (Å²) in [6.07, 6.45) is 0. The maximum Gasteiger partial charge on any atom is 0.259 e. The molecule has 0 spiro atoms. The van der Waals surface area contributed by atoms with Crippen LogP contribution < -0.4 is 9.86 Å². The predicted molar refractivity (Wildman–Crippen MR) is 102 cm³/mol. The lowest BCUT2D eigenvalue weighted by molar-refractivity contribution is 0.582. The van der Waals surface area contributed by atoms with E-state index < -0.39 is 20.0 Å². The number of nitrogens with zero attached hydrogens (tertiary/aromatic N) is 2. The van der Waals surface area contributed by atoms with Crippen LogP contribution >= 0.6 is 11.6 Å². The Kier molecular flexibility index (Phi) is 5.10. The highest BCUT2D eigenvalue weighted by atomic mass is 35.5. The number of benzene rings is 2. The van der Waals surface area contributed by atoms with Gasteiger partial charge in [-0.2, -0.15) is 5.10 Å². The first-order chi connectivity index (χ1) is 12.6. The molecule has 0 aliphatic heterocycles. The zero-order valence-corrected chi connectivity index (χ0v) is 16.4. The van der Waals surface area contributed by atoms with E-state index in [-0.39, 0.29) is 9.92 Å². The Balaban J connectivity index is 2.20. The maximum atomic E-state index is 12.2. The van der Waals surface area contributed by atoms with Crippen LogP contribution in [0.4, 0.5) is 0 Å². The molecule has 0 aliphatic carbocycles. The van der Waals surface area contributed by atoms with E-state index in [9.17, 15) is 16.8 Å². The molecule has 0 aliphatic rings. The zero-order valence-electron chi connectivity index (χ0n) is 14.0. The molecule has 27 heavy (non-hydrogen) atoms. The Hall–Kier alpha value is -2.24. The molecule has 11 heteroatoms. The van der Waals surface area contributed by atoms with Gasteiger partial charge in [0.05, 0.1) is 16.3 Å². The van der Waals surface area contributed by atoms with Crippen molar-refractivity contribution in [3.05, 3.63) is 59.6 Å². The lowest BCUT2D eigenvalue weighted by atomic mass is 10.1. The number of hydrogen-bond acceptors (Lipinski definition) is 5. The second-order valence-corrected chi connectivity index (χ2v) is 9.36. The van der Waals surface area contributed by atoms with Gasteiger partial charge in [-0.05, 0) is 43.4 Å². The highest BCUT2D eigenvalue weighted by Gasteiger charge is 2.21. The number of aromatic nitrogens is 2. The Morgan fingerprint density at radius 3 is 2.11 bits per heavy atom. The van der Waals surface area contributed by atoms with Crippen LogP contribution in [0.5, 0.6) is 0 Å². The largest absolute Gasteiger partial charge is 0.259 e. The molecular formula is C16H15ClN4O4S2. The first kappa shape index (κ1) is 19.5. The van der Waals surface area contributed by atoms with Crippen molar-refractivity contribution in [1.82, 2.24) is 14.5 Å². The van der Waals surface area contributed by atoms with Gasteiger partial charge in [-0.25, -0.2) is 31.4 Å². The fourth-order valence-electron chi connectivity index (χ4n) is 2.40. The van der Waals surface area contributed by atoms with E-state index in [1.54, 1.807) is 24.3 Å². The third-order valence-corrected chi connectivity index (χ3v) is 6.25. The summed E-state index contributed by atoms with van der Waals surface area (Å²) < 4.78 is 50.8. The van der Waals surface area contributed by atoms with Crippen molar-refractivity contribution in [2.75, 3.05) is 7.05 Å². The topological polar surface area (TPSA) is 124 Å². The molecule has 3 aromatic rings. The summed E-state index contributed by atoms with van der Waals surface area (Å²) in [5, 5.41) is 9.63. The van der Waals surface area contributed by atoms with E-state index in [4.69, 9.17) is 16.7 Å². The normalized spacial score (nSPS) is 12.3. The van der Waals surface area contributed by atoms with Crippen molar-refractivity contribution in [1.29, 1.82) is 0 Å². The molecule has 1 aromatic heterocycles. The van der Waals surface area contributed by atoms with Gasteiger partial charge in [0.1, 0.15) is 0 Å². The molecule has 0 atom stereocenters. The summed E-state index contributed by atoms with van der Waals surface area (Å²) >= 11 is 5.92.